The fourth-order valence-electron chi connectivity index (χ4n) is 3.43. The molecule has 154 valence electrons. The van der Waals surface area contributed by atoms with Gasteiger partial charge in [-0.15, -0.1) is 0 Å². The molecule has 0 saturated heterocycles. The molecule has 0 saturated carbocycles. The summed E-state index contributed by atoms with van der Waals surface area (Å²) < 4.78 is 0. The van der Waals surface area contributed by atoms with E-state index in [9.17, 15) is 9.59 Å². The minimum absolute atomic E-state index is 0.184. The number of carbonyl (C=O) groups is 2. The van der Waals surface area contributed by atoms with E-state index < -0.39 is 5.92 Å². The molecule has 0 unspecified atom stereocenters. The highest BCUT2D eigenvalue weighted by Gasteiger charge is 2.29. The van der Waals surface area contributed by atoms with Gasteiger partial charge in [0.2, 0.25) is 11.8 Å². The SMILES string of the molecule is C[C@H](NC(=O)C(Cc1ccccc1)C(=O)N[C@@H](C)c1ccccc1)c1ccccc1. The van der Waals surface area contributed by atoms with Gasteiger partial charge in [-0.2, -0.15) is 0 Å². The standard InChI is InChI=1S/C26H28N2O2/c1-19(22-14-8-4-9-15-22)27-25(29)24(18-21-12-6-3-7-13-21)26(30)28-20(2)23-16-10-5-11-17-23/h3-17,19-20,24H,18H2,1-2H3,(H,27,29)(H,28,30)/t19-,20-/m0/s1. The number of benzene rings is 3. The molecule has 4 nitrogen and oxygen atoms in total. The van der Waals surface area contributed by atoms with Crippen molar-refractivity contribution >= 4 is 11.8 Å². The van der Waals surface area contributed by atoms with Gasteiger partial charge in [0, 0.05) is 0 Å². The van der Waals surface area contributed by atoms with E-state index in [1.807, 2.05) is 105 Å². The summed E-state index contributed by atoms with van der Waals surface area (Å²) in [4.78, 5) is 26.2. The number of hydrogen-bond acceptors (Lipinski definition) is 2. The molecule has 3 rings (SSSR count). The summed E-state index contributed by atoms with van der Waals surface area (Å²) in [6, 6.07) is 28.8. The highest BCUT2D eigenvalue weighted by atomic mass is 16.2. The second-order valence-corrected chi connectivity index (χ2v) is 7.52. The van der Waals surface area contributed by atoms with Gasteiger partial charge in [-0.1, -0.05) is 91.0 Å². The zero-order chi connectivity index (χ0) is 21.3. The van der Waals surface area contributed by atoms with Gasteiger partial charge in [0.1, 0.15) is 5.92 Å². The Bertz CT molecular complexity index is 883. The summed E-state index contributed by atoms with van der Waals surface area (Å²) in [5.74, 6) is -1.36. The Morgan fingerprint density at radius 3 is 1.40 bits per heavy atom. The molecule has 0 aliphatic carbocycles. The molecular weight excluding hydrogens is 372 g/mol. The first-order valence-electron chi connectivity index (χ1n) is 10.3. The second kappa shape index (κ2) is 10.4. The van der Waals surface area contributed by atoms with Crippen molar-refractivity contribution in [2.75, 3.05) is 0 Å². The Morgan fingerprint density at radius 1 is 0.633 bits per heavy atom. The van der Waals surface area contributed by atoms with E-state index in [0.717, 1.165) is 16.7 Å². The van der Waals surface area contributed by atoms with E-state index in [2.05, 4.69) is 10.6 Å². The average molecular weight is 401 g/mol. The largest absolute Gasteiger partial charge is 0.349 e. The maximum atomic E-state index is 13.1. The molecule has 4 heteroatoms. The number of amides is 2. The molecule has 2 amide bonds. The molecule has 0 heterocycles. The number of hydrogen-bond donors (Lipinski definition) is 2. The van der Waals surface area contributed by atoms with Crippen LogP contribution in [0.4, 0.5) is 0 Å². The Kier molecular flexibility index (Phi) is 7.39. The van der Waals surface area contributed by atoms with Crippen molar-refractivity contribution in [1.29, 1.82) is 0 Å². The molecule has 0 fully saturated rings. The van der Waals surface area contributed by atoms with Crippen LogP contribution < -0.4 is 10.6 Å². The zero-order valence-electron chi connectivity index (χ0n) is 17.4. The van der Waals surface area contributed by atoms with Crippen LogP contribution in [0.2, 0.25) is 0 Å². The molecule has 3 aromatic carbocycles. The van der Waals surface area contributed by atoms with E-state index in [4.69, 9.17) is 0 Å². The van der Waals surface area contributed by atoms with E-state index in [1.54, 1.807) is 0 Å². The minimum atomic E-state index is -0.815. The summed E-state index contributed by atoms with van der Waals surface area (Å²) in [6.45, 7) is 3.86. The maximum Gasteiger partial charge on any atom is 0.233 e. The fraction of sp³-hybridized carbons (Fsp3) is 0.231. The molecule has 0 radical (unpaired) electrons. The van der Waals surface area contributed by atoms with Crippen LogP contribution >= 0.6 is 0 Å². The molecular formula is C26H28N2O2. The van der Waals surface area contributed by atoms with Crippen LogP contribution in [-0.2, 0) is 16.0 Å². The fourth-order valence-corrected chi connectivity index (χ4v) is 3.43. The summed E-state index contributed by atoms with van der Waals surface area (Å²) >= 11 is 0. The van der Waals surface area contributed by atoms with Gasteiger partial charge < -0.3 is 10.6 Å². The normalized spacial score (nSPS) is 12.8. The van der Waals surface area contributed by atoms with E-state index in [-0.39, 0.29) is 23.9 Å². The van der Waals surface area contributed by atoms with Crippen LogP contribution in [0, 0.1) is 5.92 Å². The van der Waals surface area contributed by atoms with Gasteiger partial charge in [0.15, 0.2) is 0 Å². The van der Waals surface area contributed by atoms with Crippen LogP contribution in [0.3, 0.4) is 0 Å². The molecule has 3 aromatic rings. The Hall–Kier alpha value is -3.40. The molecule has 0 spiro atoms. The molecule has 0 bridgehead atoms. The van der Waals surface area contributed by atoms with Crippen molar-refractivity contribution in [1.82, 2.24) is 10.6 Å². The third-order valence-electron chi connectivity index (χ3n) is 5.23. The van der Waals surface area contributed by atoms with E-state index >= 15 is 0 Å². The van der Waals surface area contributed by atoms with E-state index in [1.165, 1.54) is 0 Å². The van der Waals surface area contributed by atoms with Crippen LogP contribution in [0.5, 0.6) is 0 Å². The quantitative estimate of drug-likeness (QED) is 0.543. The minimum Gasteiger partial charge on any atom is -0.349 e. The molecule has 30 heavy (non-hydrogen) atoms. The molecule has 0 aromatic heterocycles. The monoisotopic (exact) mass is 400 g/mol. The summed E-state index contributed by atoms with van der Waals surface area (Å²) in [5, 5.41) is 6.02. The van der Waals surface area contributed by atoms with Crippen molar-refractivity contribution in [2.45, 2.75) is 32.4 Å². The van der Waals surface area contributed by atoms with Crippen LogP contribution in [-0.4, -0.2) is 11.8 Å². The summed E-state index contributed by atoms with van der Waals surface area (Å²) in [7, 11) is 0. The second-order valence-electron chi connectivity index (χ2n) is 7.52. The van der Waals surface area contributed by atoms with Gasteiger partial charge in [-0.25, -0.2) is 0 Å². The zero-order valence-corrected chi connectivity index (χ0v) is 17.4. The maximum absolute atomic E-state index is 13.1. The van der Waals surface area contributed by atoms with Gasteiger partial charge in [-0.05, 0) is 37.0 Å². The van der Waals surface area contributed by atoms with Gasteiger partial charge in [-0.3, -0.25) is 9.59 Å². The van der Waals surface area contributed by atoms with E-state index in [0.29, 0.717) is 6.42 Å². The molecule has 0 aliphatic rings. The van der Waals surface area contributed by atoms with Crippen molar-refractivity contribution < 1.29 is 9.59 Å². The predicted octanol–water partition coefficient (Wildman–Crippen LogP) is 4.60. The van der Waals surface area contributed by atoms with Crippen molar-refractivity contribution in [2.24, 2.45) is 5.92 Å². The summed E-state index contributed by atoms with van der Waals surface area (Å²) in [5.41, 5.74) is 2.96. The summed E-state index contributed by atoms with van der Waals surface area (Å²) in [6.07, 6.45) is 0.349. The lowest BCUT2D eigenvalue weighted by molar-refractivity contribution is -0.136. The molecule has 0 aliphatic heterocycles. The third kappa shape index (κ3) is 5.80. The van der Waals surface area contributed by atoms with Crippen LogP contribution in [0.1, 0.15) is 42.6 Å². The third-order valence-corrected chi connectivity index (χ3v) is 5.23. The highest BCUT2D eigenvalue weighted by molar-refractivity contribution is 6.00. The Morgan fingerprint density at radius 2 is 1.00 bits per heavy atom. The van der Waals surface area contributed by atoms with Crippen LogP contribution in [0.25, 0.3) is 0 Å². The van der Waals surface area contributed by atoms with Gasteiger partial charge in [0.05, 0.1) is 12.1 Å². The topological polar surface area (TPSA) is 58.2 Å². The van der Waals surface area contributed by atoms with Crippen molar-refractivity contribution in [3.8, 4) is 0 Å². The highest BCUT2D eigenvalue weighted by Crippen LogP contribution is 2.17. The molecule has 2 atom stereocenters. The average Bonchev–Trinajstić information content (AvgIpc) is 2.79. The first-order chi connectivity index (χ1) is 14.5. The smallest absolute Gasteiger partial charge is 0.233 e. The number of nitrogens with one attached hydrogen (secondary N) is 2. The van der Waals surface area contributed by atoms with Crippen LogP contribution in [0.15, 0.2) is 91.0 Å². The van der Waals surface area contributed by atoms with Crippen molar-refractivity contribution in [3.63, 3.8) is 0 Å². The number of carbonyl (C=O) groups excluding carboxylic acids is 2. The lowest BCUT2D eigenvalue weighted by Gasteiger charge is -2.22. The van der Waals surface area contributed by atoms with Crippen molar-refractivity contribution in [3.05, 3.63) is 108 Å². The molecule has 2 N–H and O–H groups in total. The lowest BCUT2D eigenvalue weighted by Crippen LogP contribution is -2.43. The predicted molar refractivity (Wildman–Crippen MR) is 120 cm³/mol. The first-order valence-corrected chi connectivity index (χ1v) is 10.3. The Balaban J connectivity index is 1.75. The first kappa shape index (κ1) is 21.3. The van der Waals surface area contributed by atoms with Gasteiger partial charge in [0.25, 0.3) is 0 Å². The Labute approximate surface area is 178 Å². The lowest BCUT2D eigenvalue weighted by atomic mass is 9.96. The number of rotatable bonds is 8. The van der Waals surface area contributed by atoms with Gasteiger partial charge >= 0.3 is 0 Å².